The number of urea groups is 1. The van der Waals surface area contributed by atoms with E-state index in [0.29, 0.717) is 50.3 Å². The van der Waals surface area contributed by atoms with E-state index in [-0.39, 0.29) is 23.8 Å². The van der Waals surface area contributed by atoms with Crippen molar-refractivity contribution in [3.05, 3.63) is 55.1 Å². The first-order valence-electron chi connectivity index (χ1n) is 9.75. The maximum absolute atomic E-state index is 12.5. The minimum atomic E-state index is -0.195. The molecule has 0 bridgehead atoms. The first-order chi connectivity index (χ1) is 13.9. The maximum atomic E-state index is 12.5. The van der Waals surface area contributed by atoms with Crippen molar-refractivity contribution in [3.8, 4) is 0 Å². The number of anilines is 1. The van der Waals surface area contributed by atoms with Gasteiger partial charge in [0.25, 0.3) is 5.91 Å². The van der Waals surface area contributed by atoms with Gasteiger partial charge in [0, 0.05) is 57.4 Å². The third kappa shape index (κ3) is 5.94. The molecule has 1 aromatic carbocycles. The predicted octanol–water partition coefficient (Wildman–Crippen LogP) is 2.83. The molecule has 7 nitrogen and oxygen atoms in total. The van der Waals surface area contributed by atoms with Crippen LogP contribution in [0.2, 0.25) is 0 Å². The van der Waals surface area contributed by atoms with E-state index in [4.69, 9.17) is 0 Å². The van der Waals surface area contributed by atoms with Crippen molar-refractivity contribution in [3.63, 3.8) is 0 Å². The number of rotatable bonds is 7. The molecule has 1 aromatic rings. The molecule has 0 unspecified atom stereocenters. The zero-order valence-corrected chi connectivity index (χ0v) is 17.3. The maximum Gasteiger partial charge on any atom is 0.321 e. The molecule has 7 heteroatoms. The van der Waals surface area contributed by atoms with E-state index in [1.807, 2.05) is 0 Å². The van der Waals surface area contributed by atoms with E-state index in [1.165, 1.54) is 0 Å². The molecule has 1 saturated heterocycles. The number of hydrogen-bond donors (Lipinski definition) is 1. The highest BCUT2D eigenvalue weighted by Gasteiger charge is 2.28. The molecule has 1 aliphatic rings. The summed E-state index contributed by atoms with van der Waals surface area (Å²) in [5.41, 5.74) is 1.16. The standard InChI is InChI=1S/C22H30N4O3/c1-5-13-25(14-6-2)21(28)17-7-9-19(10-8-17)23-22(29)26-15-11-18(12-16-26)20(27)24(3)4/h5-10,18H,1-2,11-16H2,3-4H3,(H,23,29). The van der Waals surface area contributed by atoms with Gasteiger partial charge in [0.15, 0.2) is 0 Å². The van der Waals surface area contributed by atoms with Crippen LogP contribution in [-0.4, -0.2) is 72.8 Å². The van der Waals surface area contributed by atoms with Gasteiger partial charge in [-0.25, -0.2) is 4.79 Å². The van der Waals surface area contributed by atoms with Crippen LogP contribution in [0.4, 0.5) is 10.5 Å². The van der Waals surface area contributed by atoms with Crippen molar-refractivity contribution in [1.29, 1.82) is 0 Å². The van der Waals surface area contributed by atoms with Crippen LogP contribution < -0.4 is 5.32 Å². The van der Waals surface area contributed by atoms with Crippen LogP contribution in [0.15, 0.2) is 49.6 Å². The Bertz CT molecular complexity index is 740. The Morgan fingerprint density at radius 1 is 1.07 bits per heavy atom. The van der Waals surface area contributed by atoms with Gasteiger partial charge < -0.3 is 20.0 Å². The first-order valence-corrected chi connectivity index (χ1v) is 9.75. The van der Waals surface area contributed by atoms with E-state index in [1.54, 1.807) is 65.2 Å². The third-order valence-electron chi connectivity index (χ3n) is 4.94. The minimum Gasteiger partial charge on any atom is -0.349 e. The molecule has 1 fully saturated rings. The van der Waals surface area contributed by atoms with E-state index in [2.05, 4.69) is 18.5 Å². The Kier molecular flexibility index (Phi) is 8.00. The molecule has 1 aliphatic heterocycles. The third-order valence-corrected chi connectivity index (χ3v) is 4.94. The molecule has 1 N–H and O–H groups in total. The molecule has 0 spiro atoms. The number of carbonyl (C=O) groups is 3. The van der Waals surface area contributed by atoms with Crippen molar-refractivity contribution in [1.82, 2.24) is 14.7 Å². The van der Waals surface area contributed by atoms with Crippen LogP contribution in [0, 0.1) is 5.92 Å². The van der Waals surface area contributed by atoms with Gasteiger partial charge >= 0.3 is 6.03 Å². The van der Waals surface area contributed by atoms with Crippen LogP contribution >= 0.6 is 0 Å². The quantitative estimate of drug-likeness (QED) is 0.718. The Morgan fingerprint density at radius 2 is 1.62 bits per heavy atom. The van der Waals surface area contributed by atoms with Crippen LogP contribution in [0.5, 0.6) is 0 Å². The Balaban J connectivity index is 1.92. The monoisotopic (exact) mass is 398 g/mol. The summed E-state index contributed by atoms with van der Waals surface area (Å²) in [4.78, 5) is 42.0. The lowest BCUT2D eigenvalue weighted by molar-refractivity contribution is -0.134. The number of hydrogen-bond acceptors (Lipinski definition) is 3. The highest BCUT2D eigenvalue weighted by Crippen LogP contribution is 2.20. The fourth-order valence-corrected chi connectivity index (χ4v) is 3.33. The molecular weight excluding hydrogens is 368 g/mol. The zero-order valence-electron chi connectivity index (χ0n) is 17.3. The second-order valence-electron chi connectivity index (χ2n) is 7.29. The van der Waals surface area contributed by atoms with Gasteiger partial charge in [-0.15, -0.1) is 13.2 Å². The number of likely N-dealkylation sites (tertiary alicyclic amines) is 1. The van der Waals surface area contributed by atoms with Crippen molar-refractivity contribution in [2.24, 2.45) is 5.92 Å². The molecule has 156 valence electrons. The Labute approximate surface area is 172 Å². The van der Waals surface area contributed by atoms with Gasteiger partial charge in [-0.1, -0.05) is 12.2 Å². The van der Waals surface area contributed by atoms with Gasteiger partial charge in [0.1, 0.15) is 0 Å². The van der Waals surface area contributed by atoms with Crippen LogP contribution in [-0.2, 0) is 4.79 Å². The number of piperidine rings is 1. The number of amides is 4. The average Bonchev–Trinajstić information content (AvgIpc) is 2.73. The highest BCUT2D eigenvalue weighted by atomic mass is 16.2. The van der Waals surface area contributed by atoms with Crippen LogP contribution in [0.1, 0.15) is 23.2 Å². The van der Waals surface area contributed by atoms with E-state index in [9.17, 15) is 14.4 Å². The van der Waals surface area contributed by atoms with Crippen molar-refractivity contribution < 1.29 is 14.4 Å². The Morgan fingerprint density at radius 3 is 2.10 bits per heavy atom. The second kappa shape index (κ2) is 10.5. The van der Waals surface area contributed by atoms with Gasteiger partial charge in [0.2, 0.25) is 5.91 Å². The number of benzene rings is 1. The summed E-state index contributed by atoms with van der Waals surface area (Å²) < 4.78 is 0. The summed E-state index contributed by atoms with van der Waals surface area (Å²) >= 11 is 0. The lowest BCUT2D eigenvalue weighted by Crippen LogP contribution is -2.44. The average molecular weight is 399 g/mol. The molecule has 4 amide bonds. The molecule has 0 aromatic heterocycles. The number of carbonyl (C=O) groups excluding carboxylic acids is 3. The normalized spacial score (nSPS) is 14.1. The zero-order chi connectivity index (χ0) is 21.4. The molecule has 0 atom stereocenters. The van der Waals surface area contributed by atoms with E-state index >= 15 is 0 Å². The topological polar surface area (TPSA) is 73.0 Å². The predicted molar refractivity (Wildman–Crippen MR) is 115 cm³/mol. The highest BCUT2D eigenvalue weighted by molar-refractivity contribution is 5.95. The largest absolute Gasteiger partial charge is 0.349 e. The lowest BCUT2D eigenvalue weighted by Gasteiger charge is -2.32. The fourth-order valence-electron chi connectivity index (χ4n) is 3.33. The van der Waals surface area contributed by atoms with Crippen molar-refractivity contribution in [2.75, 3.05) is 45.6 Å². The van der Waals surface area contributed by atoms with Gasteiger partial charge in [-0.2, -0.15) is 0 Å². The molecule has 0 radical (unpaired) electrons. The molecule has 29 heavy (non-hydrogen) atoms. The molecule has 0 saturated carbocycles. The Hall–Kier alpha value is -3.09. The minimum absolute atomic E-state index is 0.0200. The number of nitrogens with zero attached hydrogens (tertiary/aromatic N) is 3. The SMILES string of the molecule is C=CCN(CC=C)C(=O)c1ccc(NC(=O)N2CCC(C(=O)N(C)C)CC2)cc1. The number of nitrogens with one attached hydrogen (secondary N) is 1. The van der Waals surface area contributed by atoms with Crippen molar-refractivity contribution in [2.45, 2.75) is 12.8 Å². The summed E-state index contributed by atoms with van der Waals surface area (Å²) in [6.45, 7) is 9.32. The summed E-state index contributed by atoms with van der Waals surface area (Å²) in [6, 6.07) is 6.62. The summed E-state index contributed by atoms with van der Waals surface area (Å²) in [6.07, 6.45) is 4.68. The summed E-state index contributed by atoms with van der Waals surface area (Å²) in [5.74, 6) is -0.0176. The molecular formula is C22H30N4O3. The van der Waals surface area contributed by atoms with Gasteiger partial charge in [0.05, 0.1) is 0 Å². The van der Waals surface area contributed by atoms with Gasteiger partial charge in [-0.05, 0) is 37.1 Å². The van der Waals surface area contributed by atoms with Crippen molar-refractivity contribution >= 4 is 23.5 Å². The summed E-state index contributed by atoms with van der Waals surface area (Å²) in [7, 11) is 3.51. The van der Waals surface area contributed by atoms with E-state index < -0.39 is 0 Å². The lowest BCUT2D eigenvalue weighted by atomic mass is 9.96. The second-order valence-corrected chi connectivity index (χ2v) is 7.29. The molecule has 2 rings (SSSR count). The van der Waals surface area contributed by atoms with Crippen LogP contribution in [0.25, 0.3) is 0 Å². The first kappa shape index (κ1) is 22.2. The van der Waals surface area contributed by atoms with Gasteiger partial charge in [-0.3, -0.25) is 9.59 Å². The van der Waals surface area contributed by atoms with Crippen LogP contribution in [0.3, 0.4) is 0 Å². The summed E-state index contributed by atoms with van der Waals surface area (Å²) in [5, 5.41) is 2.86. The molecule has 1 heterocycles. The molecule has 0 aliphatic carbocycles. The fraction of sp³-hybridized carbons (Fsp3) is 0.409. The smallest absolute Gasteiger partial charge is 0.321 e. The van der Waals surface area contributed by atoms with E-state index in [0.717, 1.165) is 0 Å².